The quantitative estimate of drug-likeness (QED) is 0.150. The fourth-order valence-electron chi connectivity index (χ4n) is 3.13. The van der Waals surface area contributed by atoms with Crippen LogP contribution in [-0.4, -0.2) is 78.8 Å². The Morgan fingerprint density at radius 2 is 1.47 bits per heavy atom. The van der Waals surface area contributed by atoms with Crippen LogP contribution in [0.25, 0.3) is 0 Å². The van der Waals surface area contributed by atoms with E-state index in [9.17, 15) is 38.8 Å². The first-order valence-electron chi connectivity index (χ1n) is 9.71. The van der Waals surface area contributed by atoms with E-state index >= 15 is 0 Å². The molecule has 1 fully saturated rings. The van der Waals surface area contributed by atoms with E-state index in [0.717, 1.165) is 25.7 Å². The molecule has 192 valence electrons. The summed E-state index contributed by atoms with van der Waals surface area (Å²) in [5.74, 6) is 0.108. The summed E-state index contributed by atoms with van der Waals surface area (Å²) in [5, 5.41) is 30.1. The van der Waals surface area contributed by atoms with Crippen LogP contribution in [0.4, 0.5) is 0 Å². The van der Waals surface area contributed by atoms with Gasteiger partial charge in [0.05, 0.1) is 13.2 Å². The number of aliphatic hydroxyl groups is 3. The largest absolute Gasteiger partial charge is 0.490 e. The number of ether oxygens (including phenoxy) is 2. The summed E-state index contributed by atoms with van der Waals surface area (Å²) in [6.45, 7) is 3.27. The predicted octanol–water partition coefficient (Wildman–Crippen LogP) is 0.370. The summed E-state index contributed by atoms with van der Waals surface area (Å²) in [7, 11) is -17.1. The van der Waals surface area contributed by atoms with E-state index in [1.807, 2.05) is 13.8 Å². The molecule has 1 aliphatic heterocycles. The van der Waals surface area contributed by atoms with Gasteiger partial charge in [-0.1, -0.05) is 26.7 Å². The van der Waals surface area contributed by atoms with Crippen molar-refractivity contribution in [2.45, 2.75) is 70.2 Å². The van der Waals surface area contributed by atoms with E-state index in [4.69, 9.17) is 19.3 Å². The normalized spacial score (nSPS) is 30.8. The van der Waals surface area contributed by atoms with Crippen LogP contribution in [-0.2, 0) is 36.3 Å². The molecule has 0 radical (unpaired) electrons. The van der Waals surface area contributed by atoms with Crippen LogP contribution in [0.15, 0.2) is 0 Å². The van der Waals surface area contributed by atoms with Gasteiger partial charge in [-0.05, 0) is 18.8 Å². The number of hydrogen-bond donors (Lipinski definition) is 7. The molecule has 0 saturated carbocycles. The van der Waals surface area contributed by atoms with Crippen molar-refractivity contribution >= 4 is 23.5 Å². The fraction of sp³-hybridized carbons (Fsp3) is 1.00. The van der Waals surface area contributed by atoms with E-state index in [1.165, 1.54) is 0 Å². The molecular formula is C14H31O15P3. The van der Waals surface area contributed by atoms with Gasteiger partial charge in [-0.2, -0.15) is 8.62 Å². The SMILES string of the molecule is CCCC(CCC)CO[C@@H]1O[C@H](CO)[C@@H](O)[C@H](OP(=O)(O)OP(=O)(O)OP(=O)(O)O)[C@H]1O. The van der Waals surface area contributed by atoms with Crippen molar-refractivity contribution in [3.63, 3.8) is 0 Å². The molecule has 0 amide bonds. The van der Waals surface area contributed by atoms with Crippen molar-refractivity contribution in [3.8, 4) is 0 Å². The third-order valence-corrected chi connectivity index (χ3v) is 8.22. The van der Waals surface area contributed by atoms with Crippen molar-refractivity contribution in [1.29, 1.82) is 0 Å². The Bertz CT molecular complexity index is 707. The molecule has 7 N–H and O–H groups in total. The lowest BCUT2D eigenvalue weighted by molar-refractivity contribution is -0.300. The molecule has 2 unspecified atom stereocenters. The Balaban J connectivity index is 2.95. The zero-order chi connectivity index (χ0) is 24.7. The minimum atomic E-state index is -5.80. The molecular weight excluding hydrogens is 501 g/mol. The first-order chi connectivity index (χ1) is 14.6. The molecule has 0 spiro atoms. The highest BCUT2D eigenvalue weighted by Gasteiger charge is 2.50. The van der Waals surface area contributed by atoms with E-state index in [2.05, 4.69) is 13.1 Å². The average Bonchev–Trinajstić information content (AvgIpc) is 2.61. The molecule has 15 nitrogen and oxygen atoms in total. The second-order valence-corrected chi connectivity index (χ2v) is 11.5. The maximum Gasteiger partial charge on any atom is 0.490 e. The van der Waals surface area contributed by atoms with Crippen molar-refractivity contribution < 1.29 is 71.2 Å². The van der Waals surface area contributed by atoms with Crippen LogP contribution < -0.4 is 0 Å². The number of aliphatic hydroxyl groups excluding tert-OH is 3. The van der Waals surface area contributed by atoms with Gasteiger partial charge < -0.3 is 44.4 Å². The van der Waals surface area contributed by atoms with Crippen LogP contribution in [0.3, 0.4) is 0 Å². The Labute approximate surface area is 184 Å². The average molecular weight is 532 g/mol. The van der Waals surface area contributed by atoms with Crippen molar-refractivity contribution in [2.24, 2.45) is 5.92 Å². The number of rotatable bonds is 14. The molecule has 0 bridgehead atoms. The maximum absolute atomic E-state index is 12.1. The fourth-order valence-corrected chi connectivity index (χ4v) is 6.34. The van der Waals surface area contributed by atoms with Crippen molar-refractivity contribution in [3.05, 3.63) is 0 Å². The molecule has 1 heterocycles. The van der Waals surface area contributed by atoms with E-state index < -0.39 is 60.8 Å². The van der Waals surface area contributed by atoms with Crippen LogP contribution in [0.1, 0.15) is 39.5 Å². The summed E-state index contributed by atoms with van der Waals surface area (Å²) < 4.78 is 56.9. The molecule has 18 heteroatoms. The standard InChI is InChI=1S/C14H31O15P3/c1-3-5-9(6-4-2)8-25-14-12(17)13(11(16)10(7-15)26-14)27-31(21,22)29-32(23,24)28-30(18,19)20/h9-17H,3-8H2,1-2H3,(H,21,22)(H,23,24)(H2,18,19,20)/t10-,11-,12-,13+,14-/m1/s1. The number of hydrogen-bond acceptors (Lipinski definition) is 11. The number of phosphoric ester groups is 1. The highest BCUT2D eigenvalue weighted by molar-refractivity contribution is 7.66. The molecule has 32 heavy (non-hydrogen) atoms. The molecule has 0 aliphatic carbocycles. The molecule has 1 rings (SSSR count). The Morgan fingerprint density at radius 1 is 0.906 bits per heavy atom. The lowest BCUT2D eigenvalue weighted by Crippen LogP contribution is -2.60. The van der Waals surface area contributed by atoms with Gasteiger partial charge in [-0.15, -0.1) is 0 Å². The van der Waals surface area contributed by atoms with E-state index in [1.54, 1.807) is 0 Å². The molecule has 1 saturated heterocycles. The molecule has 0 aromatic heterocycles. The predicted molar refractivity (Wildman–Crippen MR) is 106 cm³/mol. The van der Waals surface area contributed by atoms with Crippen molar-refractivity contribution in [1.82, 2.24) is 0 Å². The summed E-state index contributed by atoms with van der Waals surface area (Å²) in [5.41, 5.74) is 0. The van der Waals surface area contributed by atoms with Gasteiger partial charge in [0.15, 0.2) is 6.29 Å². The van der Waals surface area contributed by atoms with Gasteiger partial charge in [-0.25, -0.2) is 13.7 Å². The van der Waals surface area contributed by atoms with Gasteiger partial charge in [-0.3, -0.25) is 4.52 Å². The lowest BCUT2D eigenvalue weighted by atomic mass is 9.98. The summed E-state index contributed by atoms with van der Waals surface area (Å²) in [4.78, 5) is 36.1. The summed E-state index contributed by atoms with van der Waals surface area (Å²) >= 11 is 0. The van der Waals surface area contributed by atoms with Gasteiger partial charge in [0.2, 0.25) is 0 Å². The second-order valence-electron chi connectivity index (χ2n) is 7.14. The zero-order valence-corrected chi connectivity index (χ0v) is 20.1. The maximum atomic E-state index is 12.1. The first-order valence-corrected chi connectivity index (χ1v) is 14.2. The van der Waals surface area contributed by atoms with Gasteiger partial charge >= 0.3 is 23.5 Å². The Morgan fingerprint density at radius 3 is 1.94 bits per heavy atom. The number of phosphoric acid groups is 3. The van der Waals surface area contributed by atoms with Crippen LogP contribution >= 0.6 is 23.5 Å². The second kappa shape index (κ2) is 12.8. The van der Waals surface area contributed by atoms with Gasteiger partial charge in [0.1, 0.15) is 24.4 Å². The molecule has 0 aromatic carbocycles. The topological polar surface area (TPSA) is 239 Å². The van der Waals surface area contributed by atoms with Gasteiger partial charge in [0.25, 0.3) is 0 Å². The lowest BCUT2D eigenvalue weighted by Gasteiger charge is -2.42. The third kappa shape index (κ3) is 10.2. The Hall–Kier alpha value is 0.210. The summed E-state index contributed by atoms with van der Waals surface area (Å²) in [6.07, 6.45) is -5.43. The van der Waals surface area contributed by atoms with E-state index in [0.29, 0.717) is 0 Å². The third-order valence-electron chi connectivity index (χ3n) is 4.38. The summed E-state index contributed by atoms with van der Waals surface area (Å²) in [6, 6.07) is 0. The van der Waals surface area contributed by atoms with Crippen LogP contribution in [0.5, 0.6) is 0 Å². The molecule has 1 aliphatic rings. The van der Waals surface area contributed by atoms with E-state index in [-0.39, 0.29) is 12.5 Å². The molecule has 7 atom stereocenters. The minimum absolute atomic E-state index is 0.108. The highest BCUT2D eigenvalue weighted by Crippen LogP contribution is 2.66. The zero-order valence-electron chi connectivity index (χ0n) is 17.4. The Kier molecular flexibility index (Phi) is 12.1. The van der Waals surface area contributed by atoms with Gasteiger partial charge in [0, 0.05) is 0 Å². The van der Waals surface area contributed by atoms with Crippen molar-refractivity contribution in [2.75, 3.05) is 13.2 Å². The monoisotopic (exact) mass is 532 g/mol. The smallest absolute Gasteiger partial charge is 0.394 e. The van der Waals surface area contributed by atoms with Crippen LogP contribution in [0, 0.1) is 5.92 Å². The highest BCUT2D eigenvalue weighted by atomic mass is 31.3. The minimum Gasteiger partial charge on any atom is -0.394 e. The first kappa shape index (κ1) is 30.2. The van der Waals surface area contributed by atoms with Crippen LogP contribution in [0.2, 0.25) is 0 Å². The molecule has 0 aromatic rings.